The molecule has 0 bridgehead atoms. The lowest BCUT2D eigenvalue weighted by Gasteiger charge is -2.25. The number of sulfone groups is 1. The molecule has 0 aliphatic carbocycles. The van der Waals surface area contributed by atoms with Crippen molar-refractivity contribution in [2.75, 3.05) is 39.5 Å². The third kappa shape index (κ3) is 3.35. The lowest BCUT2D eigenvalue weighted by atomic mass is 10.00. The van der Waals surface area contributed by atoms with Gasteiger partial charge in [-0.3, -0.25) is 4.90 Å². The van der Waals surface area contributed by atoms with Gasteiger partial charge in [-0.2, -0.15) is 0 Å². The van der Waals surface area contributed by atoms with Crippen LogP contribution < -0.4 is 4.74 Å². The van der Waals surface area contributed by atoms with Crippen LogP contribution in [0.2, 0.25) is 0 Å². The van der Waals surface area contributed by atoms with Gasteiger partial charge in [0.05, 0.1) is 17.6 Å². The van der Waals surface area contributed by atoms with Gasteiger partial charge in [-0.05, 0) is 37.9 Å². The SMILES string of the molecule is CCOc1ccc2ccccc2c1CN1C[C@H]2[C@H](N(C)C)CS(=O)(=O)[C@H]2C1. The number of rotatable bonds is 5. The van der Waals surface area contributed by atoms with Gasteiger partial charge in [0.15, 0.2) is 9.84 Å². The lowest BCUT2D eigenvalue weighted by Crippen LogP contribution is -2.37. The second-order valence-electron chi connectivity index (χ2n) is 7.95. The van der Waals surface area contributed by atoms with Crippen LogP contribution in [0.3, 0.4) is 0 Å². The molecule has 146 valence electrons. The van der Waals surface area contributed by atoms with E-state index in [9.17, 15) is 8.42 Å². The molecule has 2 saturated heterocycles. The van der Waals surface area contributed by atoms with Crippen LogP contribution in [0.15, 0.2) is 36.4 Å². The summed E-state index contributed by atoms with van der Waals surface area (Å²) >= 11 is 0. The Morgan fingerprint density at radius 1 is 1.15 bits per heavy atom. The summed E-state index contributed by atoms with van der Waals surface area (Å²) in [5.41, 5.74) is 1.16. The molecule has 6 heteroatoms. The van der Waals surface area contributed by atoms with Crippen LogP contribution in [0, 0.1) is 5.92 Å². The first-order valence-corrected chi connectivity index (χ1v) is 11.4. The average molecular weight is 389 g/mol. The summed E-state index contributed by atoms with van der Waals surface area (Å²) in [5.74, 6) is 1.39. The second-order valence-corrected chi connectivity index (χ2v) is 10.2. The van der Waals surface area contributed by atoms with Crippen molar-refractivity contribution in [2.24, 2.45) is 5.92 Å². The molecule has 0 radical (unpaired) electrons. The van der Waals surface area contributed by atoms with Crippen molar-refractivity contribution < 1.29 is 13.2 Å². The minimum Gasteiger partial charge on any atom is -0.494 e. The molecule has 0 N–H and O–H groups in total. The first kappa shape index (κ1) is 18.7. The van der Waals surface area contributed by atoms with E-state index in [1.165, 1.54) is 10.8 Å². The van der Waals surface area contributed by atoms with Gasteiger partial charge in [0, 0.05) is 37.2 Å². The highest BCUT2D eigenvalue weighted by Crippen LogP contribution is 2.38. The molecular weight excluding hydrogens is 360 g/mol. The molecule has 4 rings (SSSR count). The highest BCUT2D eigenvalue weighted by atomic mass is 32.2. The van der Waals surface area contributed by atoms with Gasteiger partial charge in [-0.25, -0.2) is 8.42 Å². The van der Waals surface area contributed by atoms with E-state index in [2.05, 4.69) is 28.0 Å². The summed E-state index contributed by atoms with van der Waals surface area (Å²) in [6.45, 7) is 4.77. The molecule has 0 saturated carbocycles. The van der Waals surface area contributed by atoms with E-state index in [0.29, 0.717) is 18.9 Å². The molecule has 0 amide bonds. The van der Waals surface area contributed by atoms with Crippen LogP contribution in [0.4, 0.5) is 0 Å². The second kappa shape index (κ2) is 7.08. The van der Waals surface area contributed by atoms with Gasteiger partial charge in [-0.1, -0.05) is 30.3 Å². The first-order valence-electron chi connectivity index (χ1n) is 9.64. The summed E-state index contributed by atoms with van der Waals surface area (Å²) in [6.07, 6.45) is 0. The minimum absolute atomic E-state index is 0.115. The highest BCUT2D eigenvalue weighted by molar-refractivity contribution is 7.92. The van der Waals surface area contributed by atoms with Crippen molar-refractivity contribution in [1.29, 1.82) is 0 Å². The number of nitrogens with zero attached hydrogens (tertiary/aromatic N) is 2. The zero-order valence-corrected chi connectivity index (χ0v) is 17.1. The van der Waals surface area contributed by atoms with E-state index >= 15 is 0 Å². The molecule has 2 heterocycles. The van der Waals surface area contributed by atoms with E-state index in [1.807, 2.05) is 39.2 Å². The number of hydrogen-bond donors (Lipinski definition) is 0. The molecule has 0 aromatic heterocycles. The van der Waals surface area contributed by atoms with E-state index in [1.54, 1.807) is 0 Å². The first-order chi connectivity index (χ1) is 12.9. The molecule has 2 fully saturated rings. The number of fused-ring (bicyclic) bond motifs is 2. The van der Waals surface area contributed by atoms with Crippen LogP contribution in [0.25, 0.3) is 10.8 Å². The fraction of sp³-hybridized carbons (Fsp3) is 0.524. The average Bonchev–Trinajstić information content (AvgIpc) is 3.16. The van der Waals surface area contributed by atoms with Gasteiger partial charge < -0.3 is 9.64 Å². The Morgan fingerprint density at radius 2 is 1.93 bits per heavy atom. The van der Waals surface area contributed by atoms with Crippen LogP contribution in [-0.4, -0.2) is 69.1 Å². The third-order valence-corrected chi connectivity index (χ3v) is 8.31. The number of likely N-dealkylation sites (tertiary alicyclic amines) is 1. The maximum atomic E-state index is 12.7. The molecule has 0 spiro atoms. The van der Waals surface area contributed by atoms with Crippen LogP contribution in [0.5, 0.6) is 5.75 Å². The predicted molar refractivity (Wildman–Crippen MR) is 109 cm³/mol. The number of ether oxygens (including phenoxy) is 1. The molecule has 5 nitrogen and oxygen atoms in total. The van der Waals surface area contributed by atoms with E-state index < -0.39 is 9.84 Å². The molecule has 0 unspecified atom stereocenters. The summed E-state index contributed by atoms with van der Waals surface area (Å²) in [7, 11) is 0.958. The van der Waals surface area contributed by atoms with Crippen LogP contribution >= 0.6 is 0 Å². The highest BCUT2D eigenvalue weighted by Gasteiger charge is 2.52. The molecule has 3 atom stereocenters. The largest absolute Gasteiger partial charge is 0.494 e. The number of hydrogen-bond acceptors (Lipinski definition) is 5. The van der Waals surface area contributed by atoms with Gasteiger partial charge >= 0.3 is 0 Å². The van der Waals surface area contributed by atoms with E-state index in [4.69, 9.17) is 4.74 Å². The Balaban J connectivity index is 1.65. The quantitative estimate of drug-likeness (QED) is 0.787. The standard InChI is InChI=1S/C21H28N2O3S/c1-4-26-20-10-9-15-7-5-6-8-16(15)17(20)11-23-12-18-19(22(2)3)14-27(24,25)21(18)13-23/h5-10,18-19,21H,4,11-14H2,1-3H3/t18-,19+,21-/m0/s1. The van der Waals surface area contributed by atoms with Gasteiger partial charge in [0.2, 0.25) is 0 Å². The molecule has 27 heavy (non-hydrogen) atoms. The Hall–Kier alpha value is -1.63. The monoisotopic (exact) mass is 388 g/mol. The van der Waals surface area contributed by atoms with Gasteiger partial charge in [0.25, 0.3) is 0 Å². The Morgan fingerprint density at radius 3 is 2.67 bits per heavy atom. The van der Waals surface area contributed by atoms with Crippen LogP contribution in [-0.2, 0) is 16.4 Å². The topological polar surface area (TPSA) is 49.9 Å². The minimum atomic E-state index is -3.02. The van der Waals surface area contributed by atoms with Crippen molar-refractivity contribution in [3.8, 4) is 5.75 Å². The Labute approximate surface area is 161 Å². The van der Waals surface area contributed by atoms with E-state index in [0.717, 1.165) is 24.4 Å². The zero-order chi connectivity index (χ0) is 19.2. The Kier molecular flexibility index (Phi) is 4.91. The zero-order valence-electron chi connectivity index (χ0n) is 16.3. The van der Waals surface area contributed by atoms with Crippen molar-refractivity contribution >= 4 is 20.6 Å². The van der Waals surface area contributed by atoms with Gasteiger partial charge in [0.1, 0.15) is 5.75 Å². The predicted octanol–water partition coefficient (Wildman–Crippen LogP) is 2.40. The summed E-state index contributed by atoms with van der Waals surface area (Å²) in [5, 5.41) is 2.14. The lowest BCUT2D eigenvalue weighted by molar-refractivity contribution is 0.228. The maximum Gasteiger partial charge on any atom is 0.156 e. The van der Waals surface area contributed by atoms with E-state index in [-0.39, 0.29) is 17.2 Å². The van der Waals surface area contributed by atoms with Crippen molar-refractivity contribution in [3.63, 3.8) is 0 Å². The normalized spacial score (nSPS) is 27.3. The summed E-state index contributed by atoms with van der Waals surface area (Å²) in [4.78, 5) is 4.38. The van der Waals surface area contributed by atoms with Crippen molar-refractivity contribution in [3.05, 3.63) is 42.0 Å². The summed E-state index contributed by atoms with van der Waals surface area (Å²) < 4.78 is 31.2. The third-order valence-electron chi connectivity index (χ3n) is 6.09. The smallest absolute Gasteiger partial charge is 0.156 e. The summed E-state index contributed by atoms with van der Waals surface area (Å²) in [6, 6.07) is 12.6. The van der Waals surface area contributed by atoms with Crippen LogP contribution in [0.1, 0.15) is 12.5 Å². The molecule has 2 aromatic carbocycles. The molecule has 2 aliphatic heterocycles. The maximum absolute atomic E-state index is 12.7. The van der Waals surface area contributed by atoms with Gasteiger partial charge in [-0.15, -0.1) is 0 Å². The Bertz CT molecular complexity index is 942. The number of benzene rings is 2. The molecule has 2 aliphatic rings. The fourth-order valence-corrected chi connectivity index (χ4v) is 7.28. The van der Waals surface area contributed by atoms with Crippen molar-refractivity contribution in [1.82, 2.24) is 9.80 Å². The molecule has 2 aromatic rings. The van der Waals surface area contributed by atoms with Crippen molar-refractivity contribution in [2.45, 2.75) is 24.8 Å². The molecular formula is C21H28N2O3S. The fourth-order valence-electron chi connectivity index (χ4n) is 4.77.